The summed E-state index contributed by atoms with van der Waals surface area (Å²) in [6.07, 6.45) is -4.27. The quantitative estimate of drug-likeness (QED) is 0.671. The van der Waals surface area contributed by atoms with Crippen LogP contribution in [0, 0.1) is 27.7 Å². The van der Waals surface area contributed by atoms with Crippen LogP contribution in [-0.2, 0) is 6.42 Å². The topological polar surface area (TPSA) is 0 Å². The molecule has 1 atom stereocenters. The highest BCUT2D eigenvalue weighted by atomic mass is 19.4. The molecule has 2 rings (SSSR count). The molecule has 0 bridgehead atoms. The molecule has 2 aromatic carbocycles. The summed E-state index contributed by atoms with van der Waals surface area (Å²) >= 11 is 0. The molecule has 2 aromatic rings. The number of hydrogen-bond acceptors (Lipinski definition) is 0. The third-order valence-electron chi connectivity index (χ3n) is 4.34. The molecular weight excluding hydrogens is 285 g/mol. The zero-order valence-electron chi connectivity index (χ0n) is 13.4. The van der Waals surface area contributed by atoms with Crippen LogP contribution in [0.4, 0.5) is 13.2 Å². The molecular formula is C19H21F3. The molecule has 1 unspecified atom stereocenters. The number of rotatable bonds is 3. The predicted molar refractivity (Wildman–Crippen MR) is 84.3 cm³/mol. The van der Waals surface area contributed by atoms with Crippen LogP contribution >= 0.6 is 0 Å². The van der Waals surface area contributed by atoms with Gasteiger partial charge in [-0.1, -0.05) is 36.4 Å². The maximum atomic E-state index is 13.5. The zero-order valence-corrected chi connectivity index (χ0v) is 13.4. The van der Waals surface area contributed by atoms with E-state index in [1.807, 2.05) is 39.8 Å². The highest BCUT2D eigenvalue weighted by Crippen LogP contribution is 2.38. The van der Waals surface area contributed by atoms with Gasteiger partial charge in [0.25, 0.3) is 0 Å². The molecule has 0 nitrogen and oxygen atoms in total. The third-order valence-corrected chi connectivity index (χ3v) is 4.34. The minimum absolute atomic E-state index is 0.0207. The van der Waals surface area contributed by atoms with E-state index in [1.54, 1.807) is 24.3 Å². The van der Waals surface area contributed by atoms with Crippen LogP contribution in [0.1, 0.15) is 39.3 Å². The maximum absolute atomic E-state index is 13.5. The van der Waals surface area contributed by atoms with Crippen molar-refractivity contribution in [3.05, 3.63) is 69.8 Å². The second-order valence-electron chi connectivity index (χ2n) is 6.06. The Morgan fingerprint density at radius 3 is 1.82 bits per heavy atom. The Morgan fingerprint density at radius 2 is 1.32 bits per heavy atom. The number of hydrogen-bond donors (Lipinski definition) is 0. The van der Waals surface area contributed by atoms with E-state index in [4.69, 9.17) is 0 Å². The number of alkyl halides is 3. The molecule has 0 radical (unpaired) electrons. The van der Waals surface area contributed by atoms with Crippen LogP contribution in [0.25, 0.3) is 0 Å². The molecule has 0 aliphatic rings. The molecule has 0 saturated carbocycles. The second kappa shape index (κ2) is 6.15. The Balaban J connectivity index is 2.38. The van der Waals surface area contributed by atoms with E-state index in [2.05, 4.69) is 0 Å². The maximum Gasteiger partial charge on any atom is 0.396 e. The predicted octanol–water partition coefficient (Wildman–Crippen LogP) is 5.81. The summed E-state index contributed by atoms with van der Waals surface area (Å²) in [4.78, 5) is 0. The van der Waals surface area contributed by atoms with Crippen molar-refractivity contribution in [1.82, 2.24) is 0 Å². The van der Waals surface area contributed by atoms with Gasteiger partial charge in [0, 0.05) is 0 Å². The summed E-state index contributed by atoms with van der Waals surface area (Å²) in [5.41, 5.74) is 5.09. The number of aryl methyl sites for hydroxylation is 4. The van der Waals surface area contributed by atoms with Crippen molar-refractivity contribution in [2.45, 2.75) is 46.2 Å². The summed E-state index contributed by atoms with van der Waals surface area (Å²) in [6.45, 7) is 7.65. The minimum atomic E-state index is -4.25. The van der Waals surface area contributed by atoms with Crippen molar-refractivity contribution >= 4 is 0 Å². The number of halogens is 3. The Labute approximate surface area is 130 Å². The van der Waals surface area contributed by atoms with Gasteiger partial charge in [0.15, 0.2) is 0 Å². The highest BCUT2D eigenvalue weighted by molar-refractivity contribution is 5.35. The summed E-state index contributed by atoms with van der Waals surface area (Å²) in [6, 6.07) is 10.6. The Kier molecular flexibility index (Phi) is 4.64. The molecule has 0 saturated heterocycles. The lowest BCUT2D eigenvalue weighted by Crippen LogP contribution is -2.23. The molecule has 0 N–H and O–H groups in total. The normalized spacial score (nSPS) is 13.2. The average molecular weight is 306 g/mol. The van der Waals surface area contributed by atoms with Crippen LogP contribution in [0.2, 0.25) is 0 Å². The van der Waals surface area contributed by atoms with Crippen molar-refractivity contribution in [3.63, 3.8) is 0 Å². The van der Waals surface area contributed by atoms with Gasteiger partial charge in [-0.2, -0.15) is 13.2 Å². The van der Waals surface area contributed by atoms with Gasteiger partial charge >= 0.3 is 6.18 Å². The Morgan fingerprint density at radius 1 is 0.773 bits per heavy atom. The van der Waals surface area contributed by atoms with Crippen LogP contribution in [0.3, 0.4) is 0 Å². The van der Waals surface area contributed by atoms with Crippen molar-refractivity contribution in [2.24, 2.45) is 0 Å². The van der Waals surface area contributed by atoms with Gasteiger partial charge in [-0.3, -0.25) is 0 Å². The van der Waals surface area contributed by atoms with Gasteiger partial charge in [0.2, 0.25) is 0 Å². The van der Waals surface area contributed by atoms with Crippen molar-refractivity contribution in [2.75, 3.05) is 0 Å². The first-order valence-electron chi connectivity index (χ1n) is 7.38. The number of benzene rings is 2. The van der Waals surface area contributed by atoms with E-state index in [-0.39, 0.29) is 6.42 Å². The lowest BCUT2D eigenvalue weighted by molar-refractivity contribution is -0.150. The SMILES string of the molecule is Cc1ccc(CC(c2ccc(C)c(C)c2)C(F)(F)F)cc1C. The van der Waals surface area contributed by atoms with E-state index in [0.29, 0.717) is 5.56 Å². The van der Waals surface area contributed by atoms with Gasteiger partial charge < -0.3 is 0 Å². The van der Waals surface area contributed by atoms with E-state index >= 15 is 0 Å². The van der Waals surface area contributed by atoms with Gasteiger partial charge in [0.1, 0.15) is 0 Å². The smallest absolute Gasteiger partial charge is 0.170 e. The van der Waals surface area contributed by atoms with Gasteiger partial charge in [-0.15, -0.1) is 0 Å². The summed E-state index contributed by atoms with van der Waals surface area (Å²) < 4.78 is 40.5. The molecule has 0 aromatic heterocycles. The molecule has 0 heterocycles. The molecule has 0 aliphatic carbocycles. The molecule has 0 amide bonds. The summed E-state index contributed by atoms with van der Waals surface area (Å²) in [5, 5.41) is 0. The van der Waals surface area contributed by atoms with E-state index < -0.39 is 12.1 Å². The Bertz CT molecular complexity index is 669. The van der Waals surface area contributed by atoms with Crippen molar-refractivity contribution < 1.29 is 13.2 Å². The highest BCUT2D eigenvalue weighted by Gasteiger charge is 2.40. The van der Waals surface area contributed by atoms with E-state index in [0.717, 1.165) is 27.8 Å². The molecule has 118 valence electrons. The first-order valence-corrected chi connectivity index (χ1v) is 7.38. The van der Waals surface area contributed by atoms with Crippen LogP contribution < -0.4 is 0 Å². The molecule has 0 fully saturated rings. The lowest BCUT2D eigenvalue weighted by atomic mass is 9.89. The first-order chi connectivity index (χ1) is 10.2. The standard InChI is InChI=1S/C19H21F3/c1-12-5-7-16(9-14(12)3)11-18(19(20,21)22)17-8-6-13(2)15(4)10-17/h5-10,18H,11H2,1-4H3. The molecule has 0 spiro atoms. The molecule has 3 heteroatoms. The lowest BCUT2D eigenvalue weighted by Gasteiger charge is -2.22. The average Bonchev–Trinajstić information content (AvgIpc) is 2.42. The van der Waals surface area contributed by atoms with E-state index in [9.17, 15) is 13.2 Å². The Hall–Kier alpha value is -1.77. The second-order valence-corrected chi connectivity index (χ2v) is 6.06. The first kappa shape index (κ1) is 16.6. The van der Waals surface area contributed by atoms with E-state index in [1.165, 1.54) is 0 Å². The van der Waals surface area contributed by atoms with Crippen LogP contribution in [-0.4, -0.2) is 6.18 Å². The van der Waals surface area contributed by atoms with Gasteiger partial charge in [-0.05, 0) is 67.5 Å². The fourth-order valence-electron chi connectivity index (χ4n) is 2.57. The molecule has 22 heavy (non-hydrogen) atoms. The van der Waals surface area contributed by atoms with Crippen molar-refractivity contribution in [1.29, 1.82) is 0 Å². The summed E-state index contributed by atoms with van der Waals surface area (Å²) in [5.74, 6) is -1.46. The largest absolute Gasteiger partial charge is 0.396 e. The fourth-order valence-corrected chi connectivity index (χ4v) is 2.57. The van der Waals surface area contributed by atoms with Crippen LogP contribution in [0.5, 0.6) is 0 Å². The monoisotopic (exact) mass is 306 g/mol. The van der Waals surface area contributed by atoms with Crippen LogP contribution in [0.15, 0.2) is 36.4 Å². The molecule has 0 aliphatic heterocycles. The zero-order chi connectivity index (χ0) is 16.5. The van der Waals surface area contributed by atoms with Gasteiger partial charge in [-0.25, -0.2) is 0 Å². The van der Waals surface area contributed by atoms with Gasteiger partial charge in [0.05, 0.1) is 5.92 Å². The summed E-state index contributed by atoms with van der Waals surface area (Å²) in [7, 11) is 0. The third kappa shape index (κ3) is 3.70. The van der Waals surface area contributed by atoms with Crippen molar-refractivity contribution in [3.8, 4) is 0 Å². The fraction of sp³-hybridized carbons (Fsp3) is 0.368. The minimum Gasteiger partial charge on any atom is -0.170 e.